The van der Waals surface area contributed by atoms with Gasteiger partial charge < -0.3 is 9.47 Å². The number of fused-ring (bicyclic) bond motifs is 3. The van der Waals surface area contributed by atoms with Crippen LogP contribution in [0.1, 0.15) is 11.7 Å². The maximum absolute atomic E-state index is 6.32. The standard InChI is InChI=1S/C22H12Cl4O2/c23-17-18(24)20(26)22-21(19(17)25)27-10-16(28-22)14-6-5-13-7-11-3-1-2-4-12(11)8-15(13)9-14/h1-9,16H,10H2/t16-/m0/s1. The van der Waals surface area contributed by atoms with E-state index in [0.717, 1.165) is 16.3 Å². The van der Waals surface area contributed by atoms with Crippen LogP contribution in [-0.4, -0.2) is 6.61 Å². The Balaban J connectivity index is 1.57. The minimum absolute atomic E-state index is 0.154. The van der Waals surface area contributed by atoms with Crippen molar-refractivity contribution in [1.29, 1.82) is 0 Å². The topological polar surface area (TPSA) is 18.5 Å². The molecule has 28 heavy (non-hydrogen) atoms. The van der Waals surface area contributed by atoms with Crippen LogP contribution >= 0.6 is 46.4 Å². The molecule has 2 nitrogen and oxygen atoms in total. The Morgan fingerprint density at radius 3 is 1.96 bits per heavy atom. The highest BCUT2D eigenvalue weighted by atomic mass is 35.5. The second kappa shape index (κ2) is 6.89. The molecule has 0 saturated carbocycles. The number of rotatable bonds is 1. The SMILES string of the molecule is Clc1c(Cl)c(Cl)c2c(c1Cl)OC[C@@H](c1ccc3cc4ccccc4cc3c1)O2. The second-order valence-corrected chi connectivity index (χ2v) is 8.15. The van der Waals surface area contributed by atoms with Crippen LogP contribution in [0.3, 0.4) is 0 Å². The lowest BCUT2D eigenvalue weighted by Crippen LogP contribution is -2.22. The summed E-state index contributed by atoms with van der Waals surface area (Å²) in [5, 5.41) is 5.40. The predicted octanol–water partition coefficient (Wildman–Crippen LogP) is 8.12. The smallest absolute Gasteiger partial charge is 0.184 e. The van der Waals surface area contributed by atoms with Crippen LogP contribution in [0.4, 0.5) is 0 Å². The summed E-state index contributed by atoms with van der Waals surface area (Å²) in [6.45, 7) is 0.292. The van der Waals surface area contributed by atoms with Crippen molar-refractivity contribution >= 4 is 67.9 Å². The number of ether oxygens (including phenoxy) is 2. The molecule has 1 atom stereocenters. The average molecular weight is 450 g/mol. The van der Waals surface area contributed by atoms with Gasteiger partial charge in [0.2, 0.25) is 0 Å². The molecule has 0 unspecified atom stereocenters. The zero-order valence-electron chi connectivity index (χ0n) is 14.3. The van der Waals surface area contributed by atoms with Gasteiger partial charge in [-0.25, -0.2) is 0 Å². The molecule has 6 heteroatoms. The maximum Gasteiger partial charge on any atom is 0.184 e. The first-order chi connectivity index (χ1) is 13.5. The molecule has 140 valence electrons. The molecule has 0 amide bonds. The molecule has 1 aliphatic rings. The van der Waals surface area contributed by atoms with E-state index >= 15 is 0 Å². The Bertz CT molecular complexity index is 1250. The third-order valence-corrected chi connectivity index (χ3v) is 6.69. The zero-order valence-corrected chi connectivity index (χ0v) is 17.3. The normalized spacial score (nSPS) is 15.9. The molecule has 4 aromatic carbocycles. The molecule has 0 radical (unpaired) electrons. The van der Waals surface area contributed by atoms with E-state index in [4.69, 9.17) is 55.9 Å². The first kappa shape index (κ1) is 18.2. The van der Waals surface area contributed by atoms with Crippen LogP contribution in [0, 0.1) is 0 Å². The van der Waals surface area contributed by atoms with Gasteiger partial charge in [0.15, 0.2) is 17.6 Å². The fourth-order valence-electron chi connectivity index (χ4n) is 3.48. The van der Waals surface area contributed by atoms with E-state index < -0.39 is 0 Å². The molecule has 5 rings (SSSR count). The summed E-state index contributed by atoms with van der Waals surface area (Å²) >= 11 is 24.8. The van der Waals surface area contributed by atoms with Crippen molar-refractivity contribution in [3.05, 3.63) is 80.3 Å². The molecule has 0 spiro atoms. The number of benzene rings is 4. The van der Waals surface area contributed by atoms with E-state index in [-0.39, 0.29) is 26.2 Å². The third-order valence-electron chi connectivity index (χ3n) is 4.92. The van der Waals surface area contributed by atoms with E-state index in [1.807, 2.05) is 18.2 Å². The van der Waals surface area contributed by atoms with Crippen molar-refractivity contribution in [3.63, 3.8) is 0 Å². The van der Waals surface area contributed by atoms with Crippen molar-refractivity contribution in [2.45, 2.75) is 6.10 Å². The monoisotopic (exact) mass is 448 g/mol. The van der Waals surface area contributed by atoms with Gasteiger partial charge in [-0.2, -0.15) is 0 Å². The molecule has 0 bridgehead atoms. The summed E-state index contributed by atoms with van der Waals surface area (Å²) in [4.78, 5) is 0. The molecule has 0 aliphatic carbocycles. The summed E-state index contributed by atoms with van der Waals surface area (Å²) < 4.78 is 12.0. The zero-order chi connectivity index (χ0) is 19.4. The van der Waals surface area contributed by atoms with Crippen LogP contribution in [-0.2, 0) is 0 Å². The molecule has 0 N–H and O–H groups in total. The Labute approximate surface area is 181 Å². The maximum atomic E-state index is 6.32. The fraction of sp³-hybridized carbons (Fsp3) is 0.0909. The highest BCUT2D eigenvalue weighted by Crippen LogP contribution is 2.53. The highest BCUT2D eigenvalue weighted by molar-refractivity contribution is 6.53. The fourth-order valence-corrected chi connectivity index (χ4v) is 4.40. The van der Waals surface area contributed by atoms with E-state index in [1.54, 1.807) is 0 Å². The first-order valence-electron chi connectivity index (χ1n) is 8.61. The van der Waals surface area contributed by atoms with Gasteiger partial charge in [0, 0.05) is 0 Å². The number of hydrogen-bond donors (Lipinski definition) is 0. The predicted molar refractivity (Wildman–Crippen MR) is 117 cm³/mol. The third kappa shape index (κ3) is 2.87. The highest BCUT2D eigenvalue weighted by Gasteiger charge is 2.30. The Morgan fingerprint density at radius 2 is 1.25 bits per heavy atom. The van der Waals surface area contributed by atoms with Gasteiger partial charge in [-0.1, -0.05) is 82.8 Å². The Kier molecular flexibility index (Phi) is 4.48. The van der Waals surface area contributed by atoms with Crippen molar-refractivity contribution in [3.8, 4) is 11.5 Å². The summed E-state index contributed by atoms with van der Waals surface area (Å²) in [6, 6.07) is 18.9. The molecular formula is C22H12Cl4O2. The summed E-state index contributed by atoms with van der Waals surface area (Å²) in [5.41, 5.74) is 0.978. The van der Waals surface area contributed by atoms with E-state index in [1.165, 1.54) is 10.8 Å². The molecule has 4 aromatic rings. The van der Waals surface area contributed by atoms with Crippen LogP contribution in [0.15, 0.2) is 54.6 Å². The van der Waals surface area contributed by atoms with Crippen molar-refractivity contribution in [2.24, 2.45) is 0 Å². The van der Waals surface area contributed by atoms with Crippen molar-refractivity contribution in [2.75, 3.05) is 6.61 Å². The molecule has 0 saturated heterocycles. The minimum atomic E-state index is -0.339. The van der Waals surface area contributed by atoms with Gasteiger partial charge in [0.25, 0.3) is 0 Å². The average Bonchev–Trinajstić information content (AvgIpc) is 2.74. The Morgan fingerprint density at radius 1 is 0.643 bits per heavy atom. The van der Waals surface area contributed by atoms with Crippen molar-refractivity contribution < 1.29 is 9.47 Å². The van der Waals surface area contributed by atoms with Crippen LogP contribution in [0.2, 0.25) is 20.1 Å². The number of halogens is 4. The van der Waals surface area contributed by atoms with E-state index in [2.05, 4.69) is 36.4 Å². The first-order valence-corrected chi connectivity index (χ1v) is 10.1. The molecule has 0 aromatic heterocycles. The molecular weight excluding hydrogens is 438 g/mol. The van der Waals surface area contributed by atoms with E-state index in [0.29, 0.717) is 18.1 Å². The largest absolute Gasteiger partial charge is 0.484 e. The summed E-state index contributed by atoms with van der Waals surface area (Å²) in [7, 11) is 0. The molecule has 1 heterocycles. The van der Waals surface area contributed by atoms with Gasteiger partial charge in [0.05, 0.1) is 10.0 Å². The van der Waals surface area contributed by atoms with E-state index in [9.17, 15) is 0 Å². The lowest BCUT2D eigenvalue weighted by molar-refractivity contribution is 0.0916. The Hall–Kier alpha value is -1.84. The molecule has 1 aliphatic heterocycles. The van der Waals surface area contributed by atoms with Gasteiger partial charge >= 0.3 is 0 Å². The van der Waals surface area contributed by atoms with Crippen molar-refractivity contribution in [1.82, 2.24) is 0 Å². The lowest BCUT2D eigenvalue weighted by atomic mass is 9.99. The minimum Gasteiger partial charge on any atom is -0.484 e. The second-order valence-electron chi connectivity index (χ2n) is 6.64. The number of hydrogen-bond acceptors (Lipinski definition) is 2. The van der Waals surface area contributed by atoms with Crippen LogP contribution in [0.25, 0.3) is 21.5 Å². The van der Waals surface area contributed by atoms with Gasteiger partial charge in [0.1, 0.15) is 16.7 Å². The van der Waals surface area contributed by atoms with Crippen LogP contribution in [0.5, 0.6) is 11.5 Å². The molecule has 0 fully saturated rings. The van der Waals surface area contributed by atoms with Crippen LogP contribution < -0.4 is 9.47 Å². The summed E-state index contributed by atoms with van der Waals surface area (Å²) in [5.74, 6) is 0.639. The lowest BCUT2D eigenvalue weighted by Gasteiger charge is -2.29. The quantitative estimate of drug-likeness (QED) is 0.166. The van der Waals surface area contributed by atoms with Gasteiger partial charge in [-0.05, 0) is 45.3 Å². The van der Waals surface area contributed by atoms with Gasteiger partial charge in [-0.3, -0.25) is 0 Å². The summed E-state index contributed by atoms with van der Waals surface area (Å²) in [6.07, 6.45) is -0.339. The van der Waals surface area contributed by atoms with Gasteiger partial charge in [-0.15, -0.1) is 0 Å².